The SMILES string of the molecule is CCC1(N2CCC[C@H]2C)CCc2ccc(-c3cnc4[nH]nc(-c5ccc(C(N)=O)c(Cl)c5)c4c3)cc2CC1. The van der Waals surface area contributed by atoms with Gasteiger partial charge in [-0.15, -0.1) is 0 Å². The fourth-order valence-corrected chi connectivity index (χ4v) is 7.04. The number of fused-ring (bicyclic) bond motifs is 2. The lowest BCUT2D eigenvalue weighted by molar-refractivity contribution is 0.0613. The van der Waals surface area contributed by atoms with Crippen LogP contribution in [0, 0.1) is 0 Å². The van der Waals surface area contributed by atoms with Crippen LogP contribution < -0.4 is 5.73 Å². The third-order valence-electron chi connectivity index (χ3n) is 9.00. The van der Waals surface area contributed by atoms with Gasteiger partial charge in [0.15, 0.2) is 5.65 Å². The first-order chi connectivity index (χ1) is 18.4. The van der Waals surface area contributed by atoms with Gasteiger partial charge in [-0.1, -0.05) is 42.8 Å². The Morgan fingerprint density at radius 1 is 1.11 bits per heavy atom. The number of hydrogen-bond donors (Lipinski definition) is 2. The molecule has 1 aliphatic heterocycles. The highest BCUT2D eigenvalue weighted by Gasteiger charge is 2.40. The van der Waals surface area contributed by atoms with Crippen molar-refractivity contribution in [2.45, 2.75) is 70.4 Å². The molecule has 1 amide bonds. The fourth-order valence-electron chi connectivity index (χ4n) is 6.77. The maximum atomic E-state index is 11.6. The Hall–Kier alpha value is -3.22. The minimum atomic E-state index is -0.549. The molecule has 0 radical (unpaired) electrons. The van der Waals surface area contributed by atoms with Crippen molar-refractivity contribution < 1.29 is 4.79 Å². The van der Waals surface area contributed by atoms with E-state index in [0.717, 1.165) is 35.0 Å². The van der Waals surface area contributed by atoms with E-state index >= 15 is 0 Å². The number of aryl methyl sites for hydroxylation is 2. The van der Waals surface area contributed by atoms with Gasteiger partial charge < -0.3 is 5.73 Å². The smallest absolute Gasteiger partial charge is 0.250 e. The number of amides is 1. The summed E-state index contributed by atoms with van der Waals surface area (Å²) in [7, 11) is 0. The van der Waals surface area contributed by atoms with Crippen LogP contribution in [-0.4, -0.2) is 44.1 Å². The number of carbonyl (C=O) groups is 1. The molecular formula is C31H34ClN5O. The molecule has 7 heteroatoms. The van der Waals surface area contributed by atoms with Gasteiger partial charge >= 0.3 is 0 Å². The predicted octanol–water partition coefficient (Wildman–Crippen LogP) is 6.56. The fraction of sp³-hybridized carbons (Fsp3) is 0.387. The van der Waals surface area contributed by atoms with Crippen molar-refractivity contribution in [1.82, 2.24) is 20.1 Å². The predicted molar refractivity (Wildman–Crippen MR) is 153 cm³/mol. The van der Waals surface area contributed by atoms with E-state index in [2.05, 4.69) is 58.2 Å². The minimum absolute atomic E-state index is 0.297. The van der Waals surface area contributed by atoms with Gasteiger partial charge in [0.05, 0.1) is 10.6 Å². The summed E-state index contributed by atoms with van der Waals surface area (Å²) in [5, 5.41) is 8.75. The van der Waals surface area contributed by atoms with Crippen LogP contribution in [0.25, 0.3) is 33.4 Å². The minimum Gasteiger partial charge on any atom is -0.366 e. The Kier molecular flexibility index (Phi) is 6.48. The van der Waals surface area contributed by atoms with Crippen LogP contribution in [0.2, 0.25) is 5.02 Å². The first-order valence-electron chi connectivity index (χ1n) is 13.7. The average Bonchev–Trinajstić information content (AvgIpc) is 3.50. The molecule has 196 valence electrons. The summed E-state index contributed by atoms with van der Waals surface area (Å²) >= 11 is 6.32. The van der Waals surface area contributed by atoms with Crippen LogP contribution in [0.5, 0.6) is 0 Å². The topological polar surface area (TPSA) is 87.9 Å². The van der Waals surface area contributed by atoms with Crippen LogP contribution >= 0.6 is 11.6 Å². The number of pyridine rings is 1. The number of aromatic amines is 1. The molecule has 1 fully saturated rings. The molecule has 2 aromatic carbocycles. The Morgan fingerprint density at radius 3 is 2.61 bits per heavy atom. The molecule has 2 aromatic heterocycles. The van der Waals surface area contributed by atoms with Gasteiger partial charge in [0.25, 0.3) is 0 Å². The summed E-state index contributed by atoms with van der Waals surface area (Å²) in [6.07, 6.45) is 10.5. The van der Waals surface area contributed by atoms with Crippen LogP contribution in [0.1, 0.15) is 67.4 Å². The lowest BCUT2D eigenvalue weighted by Crippen LogP contribution is -2.50. The summed E-state index contributed by atoms with van der Waals surface area (Å²) in [6, 6.07) is 14.9. The Balaban J connectivity index is 1.32. The number of aromatic nitrogens is 3. The standard InChI is InChI=1S/C31H34ClN5O/c1-3-31(37-14-4-5-19(37)2)12-10-20-6-7-21(15-22(20)11-13-31)24-16-26-28(35-36-30(26)34-18-24)23-8-9-25(29(33)38)27(32)17-23/h6-9,15-19H,3-5,10-14H2,1-2H3,(H2,33,38)(H,34,35,36)/t19-,31?/m1/s1. The number of rotatable bonds is 5. The molecule has 6 rings (SSSR count). The number of likely N-dealkylation sites (tertiary alicyclic amines) is 1. The largest absolute Gasteiger partial charge is 0.366 e. The highest BCUT2D eigenvalue weighted by molar-refractivity contribution is 6.34. The van der Waals surface area contributed by atoms with Crippen LogP contribution in [-0.2, 0) is 12.8 Å². The molecule has 0 saturated carbocycles. The van der Waals surface area contributed by atoms with E-state index in [-0.39, 0.29) is 0 Å². The molecule has 38 heavy (non-hydrogen) atoms. The number of nitrogens with two attached hydrogens (primary N) is 1. The summed E-state index contributed by atoms with van der Waals surface area (Å²) < 4.78 is 0. The number of carbonyl (C=O) groups excluding carboxylic acids is 1. The zero-order valence-electron chi connectivity index (χ0n) is 22.1. The number of hydrogen-bond acceptors (Lipinski definition) is 4. The third-order valence-corrected chi connectivity index (χ3v) is 9.32. The molecule has 2 aliphatic rings. The lowest BCUT2D eigenvalue weighted by Gasteiger charge is -2.44. The zero-order chi connectivity index (χ0) is 26.4. The van der Waals surface area contributed by atoms with Gasteiger partial charge in [0.2, 0.25) is 5.91 Å². The van der Waals surface area contributed by atoms with Crippen LogP contribution in [0.15, 0.2) is 48.7 Å². The summed E-state index contributed by atoms with van der Waals surface area (Å²) in [4.78, 5) is 19.1. The molecule has 6 nitrogen and oxygen atoms in total. The van der Waals surface area contributed by atoms with E-state index in [1.807, 2.05) is 12.3 Å². The molecule has 1 unspecified atom stereocenters. The highest BCUT2D eigenvalue weighted by atomic mass is 35.5. The zero-order valence-corrected chi connectivity index (χ0v) is 22.8. The van der Waals surface area contributed by atoms with Crippen molar-refractivity contribution in [3.05, 3.63) is 70.4 Å². The van der Waals surface area contributed by atoms with E-state index in [0.29, 0.717) is 27.8 Å². The molecule has 1 aliphatic carbocycles. The Labute approximate surface area is 228 Å². The third kappa shape index (κ3) is 4.30. The molecule has 0 spiro atoms. The second-order valence-corrected chi connectivity index (χ2v) is 11.4. The van der Waals surface area contributed by atoms with Crippen molar-refractivity contribution in [1.29, 1.82) is 0 Å². The van der Waals surface area contributed by atoms with E-state index in [4.69, 9.17) is 17.3 Å². The normalized spacial score (nSPS) is 21.9. The van der Waals surface area contributed by atoms with Gasteiger partial charge in [0, 0.05) is 34.3 Å². The maximum absolute atomic E-state index is 11.6. The van der Waals surface area contributed by atoms with E-state index in [1.165, 1.54) is 55.3 Å². The highest BCUT2D eigenvalue weighted by Crippen LogP contribution is 2.40. The second kappa shape index (κ2) is 9.83. The monoisotopic (exact) mass is 527 g/mol. The maximum Gasteiger partial charge on any atom is 0.250 e. The first kappa shape index (κ1) is 25.1. The van der Waals surface area contributed by atoms with E-state index < -0.39 is 5.91 Å². The van der Waals surface area contributed by atoms with Crippen molar-refractivity contribution in [3.63, 3.8) is 0 Å². The second-order valence-electron chi connectivity index (χ2n) is 11.0. The quantitative estimate of drug-likeness (QED) is 0.288. The summed E-state index contributed by atoms with van der Waals surface area (Å²) in [5.41, 5.74) is 13.5. The summed E-state index contributed by atoms with van der Waals surface area (Å²) in [6.45, 7) is 6.03. The number of halogens is 1. The molecule has 0 bridgehead atoms. The van der Waals surface area contributed by atoms with E-state index in [9.17, 15) is 4.79 Å². The molecule has 4 aromatic rings. The number of benzene rings is 2. The van der Waals surface area contributed by atoms with Crippen LogP contribution in [0.4, 0.5) is 0 Å². The molecule has 1 saturated heterocycles. The van der Waals surface area contributed by atoms with Gasteiger partial charge in [-0.25, -0.2) is 4.98 Å². The number of primary amides is 1. The van der Waals surface area contributed by atoms with Crippen LogP contribution in [0.3, 0.4) is 0 Å². The molecule has 3 N–H and O–H groups in total. The van der Waals surface area contributed by atoms with Gasteiger partial charge in [-0.3, -0.25) is 14.8 Å². The Morgan fingerprint density at radius 2 is 1.89 bits per heavy atom. The first-order valence-corrected chi connectivity index (χ1v) is 14.1. The number of nitrogens with one attached hydrogen (secondary N) is 1. The van der Waals surface area contributed by atoms with Gasteiger partial charge in [0.1, 0.15) is 5.69 Å². The van der Waals surface area contributed by atoms with Gasteiger partial charge in [-0.2, -0.15) is 5.10 Å². The number of H-pyrrole nitrogens is 1. The molecule has 2 atom stereocenters. The summed E-state index contributed by atoms with van der Waals surface area (Å²) in [5.74, 6) is -0.549. The number of nitrogens with zero attached hydrogens (tertiary/aromatic N) is 3. The van der Waals surface area contributed by atoms with E-state index in [1.54, 1.807) is 12.1 Å². The Bertz CT molecular complexity index is 1530. The van der Waals surface area contributed by atoms with Crippen molar-refractivity contribution >= 4 is 28.5 Å². The lowest BCUT2D eigenvalue weighted by atomic mass is 9.84. The van der Waals surface area contributed by atoms with Crippen molar-refractivity contribution in [3.8, 4) is 22.4 Å². The molecule has 3 heterocycles. The van der Waals surface area contributed by atoms with Crippen molar-refractivity contribution in [2.75, 3.05) is 6.54 Å². The average molecular weight is 528 g/mol. The van der Waals surface area contributed by atoms with Crippen molar-refractivity contribution in [2.24, 2.45) is 5.73 Å². The molecular weight excluding hydrogens is 494 g/mol. The van der Waals surface area contributed by atoms with Gasteiger partial charge in [-0.05, 0) is 93.3 Å².